The topological polar surface area (TPSA) is 82.9 Å². The first kappa shape index (κ1) is 24.1. The summed E-state index contributed by atoms with van der Waals surface area (Å²) in [5.74, 6) is -0.167. The van der Waals surface area contributed by atoms with Gasteiger partial charge in [-0.1, -0.05) is 24.3 Å². The first-order valence-electron chi connectivity index (χ1n) is 11.2. The molecule has 0 amide bonds. The van der Waals surface area contributed by atoms with Crippen LogP contribution in [-0.2, 0) is 25.7 Å². The summed E-state index contributed by atoms with van der Waals surface area (Å²) in [5.41, 5.74) is 4.75. The molecular weight excluding hydrogens is 446 g/mol. The lowest BCUT2D eigenvalue weighted by molar-refractivity contribution is -0.137. The second-order valence-electron chi connectivity index (χ2n) is 8.33. The zero-order valence-corrected chi connectivity index (χ0v) is 20.8. The Morgan fingerprint density at radius 2 is 1.43 bits per heavy atom. The highest BCUT2D eigenvalue weighted by molar-refractivity contribution is 5.99. The van der Waals surface area contributed by atoms with E-state index in [9.17, 15) is 9.59 Å². The molecule has 0 aliphatic carbocycles. The summed E-state index contributed by atoms with van der Waals surface area (Å²) in [6, 6.07) is 15.2. The minimum absolute atomic E-state index is 0.361. The van der Waals surface area contributed by atoms with Crippen molar-refractivity contribution in [1.29, 1.82) is 0 Å². The quantitative estimate of drug-likeness (QED) is 0.492. The maximum absolute atomic E-state index is 13.1. The number of aromatic nitrogens is 2. The summed E-state index contributed by atoms with van der Waals surface area (Å²) in [5, 5.41) is 0. The van der Waals surface area contributed by atoms with E-state index >= 15 is 0 Å². The van der Waals surface area contributed by atoms with E-state index in [1.807, 2.05) is 62.1 Å². The SMILES string of the molecule is COC(=O)C1=C(C)N(Cn2c(C)nc3ccccc32)C(C)=C(C(=O)OC)C1c1ccc(OC)cc1. The number of methoxy groups -OCH3 is 3. The minimum Gasteiger partial charge on any atom is -0.497 e. The smallest absolute Gasteiger partial charge is 0.336 e. The van der Waals surface area contributed by atoms with Gasteiger partial charge in [0, 0.05) is 11.4 Å². The summed E-state index contributed by atoms with van der Waals surface area (Å²) in [4.78, 5) is 32.9. The molecule has 35 heavy (non-hydrogen) atoms. The molecule has 0 radical (unpaired) electrons. The van der Waals surface area contributed by atoms with Gasteiger partial charge in [-0.05, 0) is 50.6 Å². The third-order valence-corrected chi connectivity index (χ3v) is 6.55. The van der Waals surface area contributed by atoms with Crippen molar-refractivity contribution in [3.63, 3.8) is 0 Å². The molecular formula is C27H29N3O5. The highest BCUT2D eigenvalue weighted by atomic mass is 16.5. The van der Waals surface area contributed by atoms with Gasteiger partial charge in [-0.2, -0.15) is 0 Å². The first-order valence-corrected chi connectivity index (χ1v) is 11.2. The Morgan fingerprint density at radius 3 is 1.97 bits per heavy atom. The van der Waals surface area contributed by atoms with E-state index in [1.54, 1.807) is 19.2 Å². The molecule has 2 heterocycles. The molecule has 0 fully saturated rings. The van der Waals surface area contributed by atoms with E-state index in [1.165, 1.54) is 14.2 Å². The fourth-order valence-corrected chi connectivity index (χ4v) is 4.71. The summed E-state index contributed by atoms with van der Waals surface area (Å²) in [6.07, 6.45) is 0. The zero-order valence-electron chi connectivity index (χ0n) is 20.8. The molecule has 0 bridgehead atoms. The van der Waals surface area contributed by atoms with E-state index in [0.29, 0.717) is 35.0 Å². The molecule has 0 atom stereocenters. The lowest BCUT2D eigenvalue weighted by Crippen LogP contribution is -2.36. The molecule has 0 unspecified atom stereocenters. The number of imidazole rings is 1. The Labute approximate surface area is 204 Å². The second kappa shape index (κ2) is 9.66. The number of carbonyl (C=O) groups excluding carboxylic acids is 2. The van der Waals surface area contributed by atoms with Crippen LogP contribution in [0.4, 0.5) is 0 Å². The average Bonchev–Trinajstić information content (AvgIpc) is 3.20. The fourth-order valence-electron chi connectivity index (χ4n) is 4.71. The van der Waals surface area contributed by atoms with Gasteiger partial charge < -0.3 is 23.7 Å². The van der Waals surface area contributed by atoms with Crippen molar-refractivity contribution in [2.45, 2.75) is 33.4 Å². The summed E-state index contributed by atoms with van der Waals surface area (Å²) < 4.78 is 17.7. The third-order valence-electron chi connectivity index (χ3n) is 6.55. The Kier molecular flexibility index (Phi) is 6.64. The molecule has 8 heteroatoms. The van der Waals surface area contributed by atoms with Crippen LogP contribution in [0.15, 0.2) is 71.1 Å². The number of allylic oxidation sites excluding steroid dienone is 2. The number of carbonyl (C=O) groups is 2. The molecule has 1 aliphatic heterocycles. The van der Waals surface area contributed by atoms with E-state index in [4.69, 9.17) is 14.2 Å². The van der Waals surface area contributed by atoms with Gasteiger partial charge in [-0.3, -0.25) is 0 Å². The van der Waals surface area contributed by atoms with Crippen LogP contribution in [0.2, 0.25) is 0 Å². The van der Waals surface area contributed by atoms with Gasteiger partial charge in [-0.25, -0.2) is 14.6 Å². The van der Waals surface area contributed by atoms with Gasteiger partial charge in [0.1, 0.15) is 18.2 Å². The standard InChI is InChI=1S/C27H29N3O5/c1-16-23(26(31)34-5)25(19-11-13-20(33-4)14-12-19)24(27(32)35-6)17(2)29(16)15-30-18(3)28-21-9-7-8-10-22(21)30/h7-14,25H,15H2,1-6H3. The van der Waals surface area contributed by atoms with Gasteiger partial charge in [-0.15, -0.1) is 0 Å². The summed E-state index contributed by atoms with van der Waals surface area (Å²) in [7, 11) is 4.27. The van der Waals surface area contributed by atoms with Gasteiger partial charge in [0.25, 0.3) is 0 Å². The predicted molar refractivity (Wildman–Crippen MR) is 131 cm³/mol. The lowest BCUT2D eigenvalue weighted by Gasteiger charge is -2.38. The van der Waals surface area contributed by atoms with Crippen LogP contribution < -0.4 is 4.74 Å². The van der Waals surface area contributed by atoms with Crippen molar-refractivity contribution in [2.24, 2.45) is 0 Å². The number of esters is 2. The van der Waals surface area contributed by atoms with Crippen molar-refractivity contribution >= 4 is 23.0 Å². The highest BCUT2D eigenvalue weighted by Gasteiger charge is 2.40. The van der Waals surface area contributed by atoms with Crippen molar-refractivity contribution in [3.05, 3.63) is 82.5 Å². The highest BCUT2D eigenvalue weighted by Crippen LogP contribution is 2.43. The summed E-state index contributed by atoms with van der Waals surface area (Å²) in [6.45, 7) is 6.04. The van der Waals surface area contributed by atoms with Gasteiger partial charge in [0.05, 0.1) is 49.4 Å². The van der Waals surface area contributed by atoms with Crippen LogP contribution in [0.3, 0.4) is 0 Å². The number of benzene rings is 2. The Balaban J connectivity index is 1.92. The number of rotatable bonds is 6. The number of fused-ring (bicyclic) bond motifs is 1. The monoisotopic (exact) mass is 475 g/mol. The van der Waals surface area contributed by atoms with Gasteiger partial charge in [0.15, 0.2) is 0 Å². The van der Waals surface area contributed by atoms with E-state index in [0.717, 1.165) is 22.4 Å². The van der Waals surface area contributed by atoms with Crippen LogP contribution >= 0.6 is 0 Å². The van der Waals surface area contributed by atoms with Crippen molar-refractivity contribution < 1.29 is 23.8 Å². The second-order valence-corrected chi connectivity index (χ2v) is 8.33. The molecule has 8 nitrogen and oxygen atoms in total. The number of hydrogen-bond acceptors (Lipinski definition) is 7. The van der Waals surface area contributed by atoms with Crippen LogP contribution in [0.5, 0.6) is 5.75 Å². The Morgan fingerprint density at radius 1 is 0.857 bits per heavy atom. The molecule has 1 aliphatic rings. The largest absolute Gasteiger partial charge is 0.497 e. The van der Waals surface area contributed by atoms with E-state index in [-0.39, 0.29) is 0 Å². The van der Waals surface area contributed by atoms with E-state index in [2.05, 4.69) is 9.55 Å². The van der Waals surface area contributed by atoms with Gasteiger partial charge in [0.2, 0.25) is 0 Å². The average molecular weight is 476 g/mol. The Hall–Kier alpha value is -4.07. The van der Waals surface area contributed by atoms with Crippen molar-refractivity contribution in [1.82, 2.24) is 14.5 Å². The number of ether oxygens (including phenoxy) is 3. The van der Waals surface area contributed by atoms with Crippen molar-refractivity contribution in [2.75, 3.05) is 21.3 Å². The number of aryl methyl sites for hydroxylation is 1. The number of para-hydroxylation sites is 2. The first-order chi connectivity index (χ1) is 16.8. The zero-order chi connectivity index (χ0) is 25.3. The van der Waals surface area contributed by atoms with Gasteiger partial charge >= 0.3 is 11.9 Å². The molecule has 2 aromatic carbocycles. The molecule has 4 rings (SSSR count). The van der Waals surface area contributed by atoms with Crippen LogP contribution in [0.1, 0.15) is 31.2 Å². The predicted octanol–water partition coefficient (Wildman–Crippen LogP) is 4.30. The number of nitrogens with zero attached hydrogens (tertiary/aromatic N) is 3. The van der Waals surface area contributed by atoms with Crippen LogP contribution in [-0.4, -0.2) is 47.7 Å². The number of hydrogen-bond donors (Lipinski definition) is 0. The fraction of sp³-hybridized carbons (Fsp3) is 0.296. The molecule has 1 aromatic heterocycles. The molecule has 0 N–H and O–H groups in total. The van der Waals surface area contributed by atoms with Crippen LogP contribution in [0.25, 0.3) is 11.0 Å². The maximum Gasteiger partial charge on any atom is 0.336 e. The van der Waals surface area contributed by atoms with Crippen molar-refractivity contribution in [3.8, 4) is 5.75 Å². The molecule has 0 saturated carbocycles. The molecule has 0 spiro atoms. The van der Waals surface area contributed by atoms with Crippen LogP contribution in [0, 0.1) is 6.92 Å². The minimum atomic E-state index is -0.655. The molecule has 182 valence electrons. The maximum atomic E-state index is 13.1. The normalized spacial score (nSPS) is 14.5. The summed E-state index contributed by atoms with van der Waals surface area (Å²) >= 11 is 0. The molecule has 0 saturated heterocycles. The lowest BCUT2D eigenvalue weighted by atomic mass is 9.79. The molecule has 3 aromatic rings. The van der Waals surface area contributed by atoms with E-state index < -0.39 is 17.9 Å². The Bertz CT molecular complexity index is 1310. The third kappa shape index (κ3) is 4.16.